The number of anilines is 1. The van der Waals surface area contributed by atoms with E-state index in [-0.39, 0.29) is 10.6 Å². The Labute approximate surface area is 108 Å². The second-order valence-electron chi connectivity index (χ2n) is 3.72. The van der Waals surface area contributed by atoms with E-state index < -0.39 is 27.4 Å². The van der Waals surface area contributed by atoms with Gasteiger partial charge in [-0.05, 0) is 36.4 Å². The number of hydrogen-bond acceptors (Lipinski definition) is 3. The lowest BCUT2D eigenvalue weighted by molar-refractivity contribution is 0.471. The summed E-state index contributed by atoms with van der Waals surface area (Å²) < 4.78 is 51.4. The lowest BCUT2D eigenvalue weighted by atomic mass is 10.3. The van der Waals surface area contributed by atoms with Crippen molar-refractivity contribution in [2.24, 2.45) is 0 Å². The quantitative estimate of drug-likeness (QED) is 0.851. The Bertz CT molecular complexity index is 699. The molecule has 7 heteroatoms. The van der Waals surface area contributed by atoms with Gasteiger partial charge in [0, 0.05) is 6.07 Å². The molecule has 0 bridgehead atoms. The molecule has 0 spiro atoms. The summed E-state index contributed by atoms with van der Waals surface area (Å²) in [4.78, 5) is -0.169. The molecular formula is C12H9F2NO3S. The van der Waals surface area contributed by atoms with Crippen LogP contribution in [0.15, 0.2) is 47.4 Å². The van der Waals surface area contributed by atoms with E-state index in [9.17, 15) is 22.3 Å². The zero-order valence-electron chi connectivity index (χ0n) is 9.47. The first-order valence-corrected chi connectivity index (χ1v) is 6.64. The summed E-state index contributed by atoms with van der Waals surface area (Å²) >= 11 is 0. The van der Waals surface area contributed by atoms with E-state index in [1.807, 2.05) is 0 Å². The number of nitrogens with one attached hydrogen (secondary N) is 1. The van der Waals surface area contributed by atoms with E-state index in [0.717, 1.165) is 42.5 Å². The van der Waals surface area contributed by atoms with E-state index in [4.69, 9.17) is 0 Å². The molecule has 0 heterocycles. The molecule has 0 amide bonds. The van der Waals surface area contributed by atoms with Crippen LogP contribution in [-0.4, -0.2) is 13.5 Å². The van der Waals surface area contributed by atoms with E-state index in [1.165, 1.54) is 0 Å². The van der Waals surface area contributed by atoms with Crippen molar-refractivity contribution >= 4 is 15.7 Å². The number of sulfonamides is 1. The molecule has 0 saturated carbocycles. The highest BCUT2D eigenvalue weighted by molar-refractivity contribution is 7.92. The Balaban J connectivity index is 2.33. The number of hydrogen-bond donors (Lipinski definition) is 2. The number of halogens is 2. The van der Waals surface area contributed by atoms with Crippen molar-refractivity contribution in [1.82, 2.24) is 0 Å². The normalized spacial score (nSPS) is 11.3. The van der Waals surface area contributed by atoms with Gasteiger partial charge >= 0.3 is 0 Å². The molecule has 2 rings (SSSR count). The number of phenolic OH excluding ortho intramolecular Hbond substituents is 1. The average Bonchev–Trinajstić information content (AvgIpc) is 2.33. The minimum Gasteiger partial charge on any atom is -0.506 e. The molecule has 0 aliphatic heterocycles. The van der Waals surface area contributed by atoms with Gasteiger partial charge in [0.2, 0.25) is 0 Å². The predicted octanol–water partition coefficient (Wildman–Crippen LogP) is 2.47. The minimum absolute atomic E-state index is 0.161. The van der Waals surface area contributed by atoms with Gasteiger partial charge in [0.05, 0.1) is 10.6 Å². The summed E-state index contributed by atoms with van der Waals surface area (Å²) in [6, 6.07) is 7.03. The predicted molar refractivity (Wildman–Crippen MR) is 65.3 cm³/mol. The molecule has 0 atom stereocenters. The van der Waals surface area contributed by atoms with Crippen molar-refractivity contribution in [1.29, 1.82) is 0 Å². The number of phenols is 1. The Morgan fingerprint density at radius 1 is 0.947 bits per heavy atom. The summed E-state index contributed by atoms with van der Waals surface area (Å²) in [5.41, 5.74) is -0.161. The first-order valence-electron chi connectivity index (χ1n) is 5.15. The molecule has 0 aromatic heterocycles. The third-order valence-electron chi connectivity index (χ3n) is 2.33. The highest BCUT2D eigenvalue weighted by Gasteiger charge is 2.16. The summed E-state index contributed by atoms with van der Waals surface area (Å²) in [6.07, 6.45) is 0. The van der Waals surface area contributed by atoms with Crippen LogP contribution in [0.1, 0.15) is 0 Å². The van der Waals surface area contributed by atoms with Crippen molar-refractivity contribution in [3.63, 3.8) is 0 Å². The largest absolute Gasteiger partial charge is 0.506 e. The molecular weight excluding hydrogens is 276 g/mol. The Morgan fingerprint density at radius 3 is 2.11 bits per heavy atom. The topological polar surface area (TPSA) is 66.4 Å². The first kappa shape index (κ1) is 13.3. The molecule has 0 radical (unpaired) electrons. The van der Waals surface area contributed by atoms with E-state index in [0.29, 0.717) is 0 Å². The van der Waals surface area contributed by atoms with Gasteiger partial charge in [-0.1, -0.05) is 0 Å². The smallest absolute Gasteiger partial charge is 0.262 e. The maximum Gasteiger partial charge on any atom is 0.262 e. The highest BCUT2D eigenvalue weighted by atomic mass is 32.2. The molecule has 0 fully saturated rings. The standard InChI is InChI=1S/C12H9F2NO3S/c13-8-1-4-10(5-2-8)19(17,18)15-11-6-3-9(14)7-12(11)16/h1-7,15-16H. The first-order chi connectivity index (χ1) is 8.88. The molecule has 2 N–H and O–H groups in total. The summed E-state index contributed by atoms with van der Waals surface area (Å²) in [7, 11) is -3.96. The summed E-state index contributed by atoms with van der Waals surface area (Å²) in [6.45, 7) is 0. The van der Waals surface area contributed by atoms with Crippen molar-refractivity contribution in [2.45, 2.75) is 4.90 Å². The van der Waals surface area contributed by atoms with Crippen molar-refractivity contribution < 1.29 is 22.3 Å². The number of benzene rings is 2. The maximum absolute atomic E-state index is 12.8. The molecule has 0 saturated heterocycles. The Hall–Kier alpha value is -2.15. The van der Waals surface area contributed by atoms with Crippen molar-refractivity contribution in [3.8, 4) is 5.75 Å². The molecule has 4 nitrogen and oxygen atoms in total. The fraction of sp³-hybridized carbons (Fsp3) is 0. The van der Waals surface area contributed by atoms with Gasteiger partial charge in [0.1, 0.15) is 17.4 Å². The van der Waals surface area contributed by atoms with Crippen LogP contribution < -0.4 is 4.72 Å². The maximum atomic E-state index is 12.8. The van der Waals surface area contributed by atoms with Gasteiger partial charge in [-0.15, -0.1) is 0 Å². The molecule has 2 aromatic carbocycles. The SMILES string of the molecule is O=S(=O)(Nc1ccc(F)cc1O)c1ccc(F)cc1. The summed E-state index contributed by atoms with van der Waals surface area (Å²) in [5, 5.41) is 9.42. The van der Waals surface area contributed by atoms with E-state index in [1.54, 1.807) is 0 Å². The van der Waals surface area contributed by atoms with Gasteiger partial charge < -0.3 is 5.11 Å². The number of rotatable bonds is 3. The van der Waals surface area contributed by atoms with Crippen molar-refractivity contribution in [3.05, 3.63) is 54.1 Å². The Morgan fingerprint density at radius 2 is 1.53 bits per heavy atom. The lowest BCUT2D eigenvalue weighted by Gasteiger charge is -2.09. The van der Waals surface area contributed by atoms with Crippen LogP contribution in [0.2, 0.25) is 0 Å². The van der Waals surface area contributed by atoms with Crippen LogP contribution >= 0.6 is 0 Å². The second-order valence-corrected chi connectivity index (χ2v) is 5.40. The molecule has 2 aromatic rings. The molecule has 0 aliphatic rings. The molecule has 19 heavy (non-hydrogen) atoms. The van der Waals surface area contributed by atoms with Crippen LogP contribution in [0.5, 0.6) is 5.75 Å². The van der Waals surface area contributed by atoms with Gasteiger partial charge in [0.15, 0.2) is 0 Å². The second kappa shape index (κ2) is 4.85. The molecule has 100 valence electrons. The minimum atomic E-state index is -3.96. The monoisotopic (exact) mass is 285 g/mol. The van der Waals surface area contributed by atoms with Gasteiger partial charge in [-0.3, -0.25) is 4.72 Å². The average molecular weight is 285 g/mol. The molecule has 0 unspecified atom stereocenters. The van der Waals surface area contributed by atoms with Crippen LogP contribution in [0, 0.1) is 11.6 Å². The van der Waals surface area contributed by atoms with Gasteiger partial charge in [-0.25, -0.2) is 17.2 Å². The van der Waals surface area contributed by atoms with Crippen LogP contribution in [0.3, 0.4) is 0 Å². The van der Waals surface area contributed by atoms with Gasteiger partial charge in [0.25, 0.3) is 10.0 Å². The summed E-state index contributed by atoms with van der Waals surface area (Å²) in [5.74, 6) is -1.79. The highest BCUT2D eigenvalue weighted by Crippen LogP contribution is 2.26. The van der Waals surface area contributed by atoms with Crippen LogP contribution in [0.4, 0.5) is 14.5 Å². The third-order valence-corrected chi connectivity index (χ3v) is 3.71. The van der Waals surface area contributed by atoms with E-state index >= 15 is 0 Å². The zero-order valence-corrected chi connectivity index (χ0v) is 10.3. The lowest BCUT2D eigenvalue weighted by Crippen LogP contribution is -2.13. The fourth-order valence-electron chi connectivity index (χ4n) is 1.41. The zero-order chi connectivity index (χ0) is 14.0. The Kier molecular flexibility index (Phi) is 3.39. The molecule has 0 aliphatic carbocycles. The third kappa shape index (κ3) is 3.00. The van der Waals surface area contributed by atoms with E-state index in [2.05, 4.69) is 4.72 Å². The van der Waals surface area contributed by atoms with Gasteiger partial charge in [-0.2, -0.15) is 0 Å². The number of aromatic hydroxyl groups is 1. The van der Waals surface area contributed by atoms with Crippen LogP contribution in [0.25, 0.3) is 0 Å². The fourth-order valence-corrected chi connectivity index (χ4v) is 2.48. The van der Waals surface area contributed by atoms with Crippen molar-refractivity contribution in [2.75, 3.05) is 4.72 Å². The van der Waals surface area contributed by atoms with Crippen LogP contribution in [-0.2, 0) is 10.0 Å².